The van der Waals surface area contributed by atoms with Crippen LogP contribution in [0.1, 0.15) is 5.56 Å². The molecular weight excluding hydrogens is 396 g/mol. The highest BCUT2D eigenvalue weighted by Gasteiger charge is 2.30. The van der Waals surface area contributed by atoms with E-state index in [-0.39, 0.29) is 5.91 Å². The van der Waals surface area contributed by atoms with Gasteiger partial charge in [-0.15, -0.1) is 11.3 Å². The Balaban J connectivity index is 1.54. The molecule has 1 aliphatic rings. The maximum Gasteiger partial charge on any atom is 0.252 e. The van der Waals surface area contributed by atoms with Crippen molar-refractivity contribution < 1.29 is 17.9 Å². The second-order valence-electron chi connectivity index (χ2n) is 6.16. The molecule has 0 unspecified atom stereocenters. The number of hydrogen-bond donors (Lipinski definition) is 0. The summed E-state index contributed by atoms with van der Waals surface area (Å²) in [4.78, 5) is 14.1. The van der Waals surface area contributed by atoms with Gasteiger partial charge in [0.1, 0.15) is 16.6 Å². The number of hydrogen-bond acceptors (Lipinski definition) is 5. The molecular formula is C20H22N2O4S2. The first kappa shape index (κ1) is 20.3. The maximum atomic E-state index is 12.5. The molecule has 148 valence electrons. The second kappa shape index (κ2) is 9.18. The van der Waals surface area contributed by atoms with Crippen molar-refractivity contribution in [2.45, 2.75) is 4.21 Å². The van der Waals surface area contributed by atoms with Crippen LogP contribution in [-0.4, -0.2) is 56.3 Å². The minimum Gasteiger partial charge on any atom is -0.490 e. The minimum atomic E-state index is -3.46. The first-order valence-corrected chi connectivity index (χ1v) is 11.2. The molecule has 8 heteroatoms. The highest BCUT2D eigenvalue weighted by atomic mass is 32.2. The van der Waals surface area contributed by atoms with Crippen LogP contribution in [-0.2, 0) is 14.8 Å². The van der Waals surface area contributed by atoms with Gasteiger partial charge in [0.2, 0.25) is 5.91 Å². The average Bonchev–Trinajstić information content (AvgIpc) is 3.27. The van der Waals surface area contributed by atoms with E-state index in [2.05, 4.69) is 6.58 Å². The summed E-state index contributed by atoms with van der Waals surface area (Å²) in [5.74, 6) is 0.617. The lowest BCUT2D eigenvalue weighted by Gasteiger charge is -2.33. The van der Waals surface area contributed by atoms with Crippen molar-refractivity contribution in [3.8, 4) is 5.75 Å². The number of amides is 1. The standard InChI is InChI=1S/C20H22N2O4S2/c1-2-15-26-18-8-5-17(6-9-18)7-10-19(23)21-11-13-22(14-12-21)28(24,25)20-4-3-16-27-20/h2-10,16H,1,11-15H2/b10-7+. The van der Waals surface area contributed by atoms with Gasteiger partial charge in [0.15, 0.2) is 0 Å². The Hall–Kier alpha value is -2.42. The third-order valence-corrected chi connectivity index (χ3v) is 7.58. The number of carbonyl (C=O) groups is 1. The fraction of sp³-hybridized carbons (Fsp3) is 0.250. The van der Waals surface area contributed by atoms with Crippen LogP contribution in [0.25, 0.3) is 6.08 Å². The summed E-state index contributed by atoms with van der Waals surface area (Å²) in [6.07, 6.45) is 4.94. The molecule has 0 saturated carbocycles. The fourth-order valence-electron chi connectivity index (χ4n) is 2.79. The number of thiophene rings is 1. The Morgan fingerprint density at radius 1 is 1.14 bits per heavy atom. The molecule has 28 heavy (non-hydrogen) atoms. The number of carbonyl (C=O) groups excluding carboxylic acids is 1. The molecule has 1 aromatic heterocycles. The van der Waals surface area contributed by atoms with Gasteiger partial charge in [0.25, 0.3) is 10.0 Å². The third kappa shape index (κ3) is 4.89. The van der Waals surface area contributed by atoms with Crippen LogP contribution in [0.3, 0.4) is 0 Å². The average molecular weight is 419 g/mol. The Labute approximate surface area is 169 Å². The monoisotopic (exact) mass is 418 g/mol. The van der Waals surface area contributed by atoms with Gasteiger partial charge in [-0.25, -0.2) is 8.42 Å². The van der Waals surface area contributed by atoms with Crippen molar-refractivity contribution in [1.82, 2.24) is 9.21 Å². The molecule has 0 N–H and O–H groups in total. The van der Waals surface area contributed by atoms with Crippen LogP contribution < -0.4 is 4.74 Å². The van der Waals surface area contributed by atoms with Crippen molar-refractivity contribution in [3.05, 3.63) is 66.1 Å². The smallest absolute Gasteiger partial charge is 0.252 e. The largest absolute Gasteiger partial charge is 0.490 e. The predicted molar refractivity (Wildman–Crippen MR) is 111 cm³/mol. The van der Waals surface area contributed by atoms with Gasteiger partial charge in [-0.2, -0.15) is 4.31 Å². The van der Waals surface area contributed by atoms with E-state index in [9.17, 15) is 13.2 Å². The van der Waals surface area contributed by atoms with Crippen molar-refractivity contribution in [2.24, 2.45) is 0 Å². The second-order valence-corrected chi connectivity index (χ2v) is 9.28. The zero-order chi connectivity index (χ0) is 20.0. The number of piperazine rings is 1. The summed E-state index contributed by atoms with van der Waals surface area (Å²) < 4.78 is 32.3. The molecule has 1 saturated heterocycles. The molecule has 0 spiro atoms. The maximum absolute atomic E-state index is 12.5. The van der Waals surface area contributed by atoms with E-state index in [1.165, 1.54) is 21.7 Å². The van der Waals surface area contributed by atoms with Crippen molar-refractivity contribution in [3.63, 3.8) is 0 Å². The summed E-state index contributed by atoms with van der Waals surface area (Å²) >= 11 is 1.21. The van der Waals surface area contributed by atoms with Gasteiger partial charge < -0.3 is 9.64 Å². The molecule has 0 bridgehead atoms. The summed E-state index contributed by atoms with van der Waals surface area (Å²) in [7, 11) is -3.46. The van der Waals surface area contributed by atoms with Crippen LogP contribution in [0.2, 0.25) is 0 Å². The van der Waals surface area contributed by atoms with Gasteiger partial charge in [0.05, 0.1) is 0 Å². The summed E-state index contributed by atoms with van der Waals surface area (Å²) in [5, 5.41) is 1.75. The van der Waals surface area contributed by atoms with Crippen molar-refractivity contribution >= 4 is 33.3 Å². The zero-order valence-corrected chi connectivity index (χ0v) is 17.0. The first-order valence-electron chi connectivity index (χ1n) is 8.85. The summed E-state index contributed by atoms with van der Waals surface area (Å²) in [6, 6.07) is 10.7. The van der Waals surface area contributed by atoms with Gasteiger partial charge in [-0.05, 0) is 35.2 Å². The van der Waals surface area contributed by atoms with E-state index in [4.69, 9.17) is 4.74 Å². The molecule has 6 nitrogen and oxygen atoms in total. The molecule has 1 fully saturated rings. The quantitative estimate of drug-likeness (QED) is 0.512. The lowest BCUT2D eigenvalue weighted by Crippen LogP contribution is -2.50. The van der Waals surface area contributed by atoms with E-state index in [0.29, 0.717) is 37.0 Å². The number of ether oxygens (including phenoxy) is 1. The molecule has 1 aromatic carbocycles. The molecule has 0 radical (unpaired) electrons. The summed E-state index contributed by atoms with van der Waals surface area (Å²) in [5.41, 5.74) is 0.887. The Morgan fingerprint density at radius 2 is 1.86 bits per heavy atom. The molecule has 2 aromatic rings. The zero-order valence-electron chi connectivity index (χ0n) is 15.4. The number of benzene rings is 1. The highest BCUT2D eigenvalue weighted by Crippen LogP contribution is 2.22. The number of sulfonamides is 1. The van der Waals surface area contributed by atoms with Crippen molar-refractivity contribution in [1.29, 1.82) is 0 Å². The fourth-order valence-corrected chi connectivity index (χ4v) is 5.36. The Kier molecular flexibility index (Phi) is 6.66. The Bertz CT molecular complexity index is 927. The molecule has 3 rings (SSSR count). The van der Waals surface area contributed by atoms with Gasteiger partial charge in [-0.3, -0.25) is 4.79 Å². The molecule has 0 atom stereocenters. The molecule has 1 aliphatic heterocycles. The Morgan fingerprint density at radius 3 is 2.46 bits per heavy atom. The molecule has 0 aliphatic carbocycles. The minimum absolute atomic E-state index is 0.125. The highest BCUT2D eigenvalue weighted by molar-refractivity contribution is 7.91. The van der Waals surface area contributed by atoms with E-state index in [0.717, 1.165) is 11.3 Å². The summed E-state index contributed by atoms with van der Waals surface area (Å²) in [6.45, 7) is 5.41. The van der Waals surface area contributed by atoms with Crippen LogP contribution in [0.4, 0.5) is 0 Å². The first-order chi connectivity index (χ1) is 13.5. The van der Waals surface area contributed by atoms with Crippen LogP contribution >= 0.6 is 11.3 Å². The normalized spacial score (nSPS) is 15.6. The van der Waals surface area contributed by atoms with Gasteiger partial charge in [0, 0.05) is 32.3 Å². The lowest BCUT2D eigenvalue weighted by atomic mass is 10.2. The predicted octanol–water partition coefficient (Wildman–Crippen LogP) is 2.86. The topological polar surface area (TPSA) is 66.9 Å². The van der Waals surface area contributed by atoms with Gasteiger partial charge >= 0.3 is 0 Å². The number of nitrogens with zero attached hydrogens (tertiary/aromatic N) is 2. The third-order valence-electron chi connectivity index (χ3n) is 4.31. The van der Waals surface area contributed by atoms with Crippen molar-refractivity contribution in [2.75, 3.05) is 32.8 Å². The molecule has 2 heterocycles. The lowest BCUT2D eigenvalue weighted by molar-refractivity contribution is -0.127. The van der Waals surface area contributed by atoms with Crippen LogP contribution in [0.5, 0.6) is 5.75 Å². The van der Waals surface area contributed by atoms with E-state index >= 15 is 0 Å². The van der Waals surface area contributed by atoms with Gasteiger partial charge in [-0.1, -0.05) is 30.9 Å². The van der Waals surface area contributed by atoms with Crippen LogP contribution in [0.15, 0.2) is 64.7 Å². The van der Waals surface area contributed by atoms with Crippen LogP contribution in [0, 0.1) is 0 Å². The number of rotatable bonds is 7. The molecule has 1 amide bonds. The van der Waals surface area contributed by atoms with E-state index < -0.39 is 10.0 Å². The van der Waals surface area contributed by atoms with E-state index in [1.807, 2.05) is 24.3 Å². The SMILES string of the molecule is C=CCOc1ccc(/C=C/C(=O)N2CCN(S(=O)(=O)c3cccs3)CC2)cc1. The van der Waals surface area contributed by atoms with E-state index in [1.54, 1.807) is 34.6 Å².